The lowest BCUT2D eigenvalue weighted by atomic mass is 9.88. The summed E-state index contributed by atoms with van der Waals surface area (Å²) in [4.78, 5) is 20.6. The molecule has 1 atom stereocenters. The lowest BCUT2D eigenvalue weighted by Gasteiger charge is -2.19. The van der Waals surface area contributed by atoms with E-state index in [1.54, 1.807) is 10.7 Å². The van der Waals surface area contributed by atoms with Crippen molar-refractivity contribution in [2.45, 2.75) is 24.9 Å². The third kappa shape index (κ3) is 2.16. The quantitative estimate of drug-likeness (QED) is 0.634. The molecular formula is C13H14N4OS. The summed E-state index contributed by atoms with van der Waals surface area (Å²) in [7, 11) is 0. The van der Waals surface area contributed by atoms with Crippen molar-refractivity contribution in [2.24, 2.45) is 5.92 Å². The molecule has 6 heteroatoms. The molecule has 0 saturated heterocycles. The highest BCUT2D eigenvalue weighted by Gasteiger charge is 2.26. The first kappa shape index (κ1) is 12.3. The molecule has 0 saturated carbocycles. The largest absolute Gasteiger partial charge is 0.294 e. The van der Waals surface area contributed by atoms with E-state index < -0.39 is 0 Å². The van der Waals surface area contributed by atoms with E-state index in [0.29, 0.717) is 28.8 Å². The van der Waals surface area contributed by atoms with Gasteiger partial charge in [-0.05, 0) is 12.3 Å². The Morgan fingerprint density at radius 3 is 3.21 bits per heavy atom. The first-order valence-electron chi connectivity index (χ1n) is 6.20. The van der Waals surface area contributed by atoms with Gasteiger partial charge in [0.2, 0.25) is 5.16 Å². The van der Waals surface area contributed by atoms with Crippen LogP contribution in [0.15, 0.2) is 24.0 Å². The number of ketones is 1. The maximum absolute atomic E-state index is 12.0. The van der Waals surface area contributed by atoms with Gasteiger partial charge in [0.05, 0.1) is 11.3 Å². The minimum Gasteiger partial charge on any atom is -0.294 e. The van der Waals surface area contributed by atoms with Crippen molar-refractivity contribution in [3.05, 3.63) is 30.1 Å². The van der Waals surface area contributed by atoms with Crippen molar-refractivity contribution in [2.75, 3.05) is 5.75 Å². The summed E-state index contributed by atoms with van der Waals surface area (Å²) in [5.41, 5.74) is 1.63. The number of fused-ring (bicyclic) bond motifs is 3. The summed E-state index contributed by atoms with van der Waals surface area (Å²) in [6, 6.07) is 0. The third-order valence-corrected chi connectivity index (χ3v) is 3.99. The minimum atomic E-state index is 0.152. The van der Waals surface area contributed by atoms with E-state index in [-0.39, 0.29) is 5.78 Å². The highest BCUT2D eigenvalue weighted by atomic mass is 32.2. The van der Waals surface area contributed by atoms with Gasteiger partial charge in [0.25, 0.3) is 5.78 Å². The molecule has 0 radical (unpaired) electrons. The zero-order valence-electron chi connectivity index (χ0n) is 10.7. The molecule has 0 aliphatic heterocycles. The molecule has 0 N–H and O–H groups in total. The Balaban J connectivity index is 2.10. The smallest absolute Gasteiger partial charge is 0.253 e. The van der Waals surface area contributed by atoms with Crippen LogP contribution in [0.3, 0.4) is 0 Å². The van der Waals surface area contributed by atoms with Gasteiger partial charge in [-0.1, -0.05) is 24.8 Å². The van der Waals surface area contributed by atoms with Crippen LogP contribution in [0.1, 0.15) is 29.4 Å². The van der Waals surface area contributed by atoms with Crippen LogP contribution < -0.4 is 0 Å². The van der Waals surface area contributed by atoms with Crippen molar-refractivity contribution < 1.29 is 4.79 Å². The fourth-order valence-electron chi connectivity index (χ4n) is 2.31. The van der Waals surface area contributed by atoms with E-state index >= 15 is 0 Å². The Morgan fingerprint density at radius 2 is 2.42 bits per heavy atom. The zero-order chi connectivity index (χ0) is 13.4. The third-order valence-electron chi connectivity index (χ3n) is 3.15. The minimum absolute atomic E-state index is 0.152. The SMILES string of the molecule is C=CCSc1nc2ncc3c(n2n1)CC(C)CC3=O. The lowest BCUT2D eigenvalue weighted by molar-refractivity contribution is 0.0951. The molecule has 3 rings (SSSR count). The summed E-state index contributed by atoms with van der Waals surface area (Å²) in [6.07, 6.45) is 4.88. The maximum atomic E-state index is 12.0. The average Bonchev–Trinajstić information content (AvgIpc) is 2.79. The molecule has 1 aliphatic rings. The van der Waals surface area contributed by atoms with Gasteiger partial charge < -0.3 is 0 Å². The van der Waals surface area contributed by atoms with Gasteiger partial charge >= 0.3 is 0 Å². The molecule has 1 unspecified atom stereocenters. The van der Waals surface area contributed by atoms with Gasteiger partial charge in [0, 0.05) is 18.4 Å². The van der Waals surface area contributed by atoms with Gasteiger partial charge in [-0.25, -0.2) is 4.98 Å². The van der Waals surface area contributed by atoms with Crippen LogP contribution in [0.2, 0.25) is 0 Å². The first-order chi connectivity index (χ1) is 9.19. The summed E-state index contributed by atoms with van der Waals surface area (Å²) in [5.74, 6) is 1.82. The molecule has 0 amide bonds. The normalized spacial score (nSPS) is 18.6. The monoisotopic (exact) mass is 274 g/mol. The van der Waals surface area contributed by atoms with E-state index in [2.05, 4.69) is 28.6 Å². The zero-order valence-corrected chi connectivity index (χ0v) is 11.5. The van der Waals surface area contributed by atoms with Gasteiger partial charge in [-0.15, -0.1) is 11.7 Å². The molecule has 1 aliphatic carbocycles. The van der Waals surface area contributed by atoms with Gasteiger partial charge in [-0.2, -0.15) is 9.50 Å². The average molecular weight is 274 g/mol. The number of hydrogen-bond donors (Lipinski definition) is 0. The van der Waals surface area contributed by atoms with Gasteiger partial charge in [0.1, 0.15) is 0 Å². The Hall–Kier alpha value is -1.69. The Morgan fingerprint density at radius 1 is 1.58 bits per heavy atom. The second-order valence-corrected chi connectivity index (χ2v) is 5.75. The van der Waals surface area contributed by atoms with Gasteiger partial charge in [0.15, 0.2) is 5.78 Å². The molecule has 0 fully saturated rings. The summed E-state index contributed by atoms with van der Waals surface area (Å²) >= 11 is 1.51. The molecule has 19 heavy (non-hydrogen) atoms. The van der Waals surface area contributed by atoms with Crippen LogP contribution in [0, 0.1) is 5.92 Å². The number of carbonyl (C=O) groups is 1. The standard InChI is InChI=1S/C13H14N4OS/c1-3-4-19-13-15-12-14-7-9-10(17(12)16-13)5-8(2)6-11(9)18/h3,7-8H,1,4-6H2,2H3. The second-order valence-electron chi connectivity index (χ2n) is 4.76. The summed E-state index contributed by atoms with van der Waals surface area (Å²) in [5, 5.41) is 5.11. The molecule has 2 heterocycles. The Kier molecular flexibility index (Phi) is 3.10. The van der Waals surface area contributed by atoms with Crippen LogP contribution in [0.25, 0.3) is 5.78 Å². The van der Waals surface area contributed by atoms with Crippen LogP contribution in [-0.2, 0) is 6.42 Å². The molecular weight excluding hydrogens is 260 g/mol. The van der Waals surface area contributed by atoms with Crippen molar-refractivity contribution in [1.29, 1.82) is 0 Å². The maximum Gasteiger partial charge on any atom is 0.253 e. The first-order valence-corrected chi connectivity index (χ1v) is 7.19. The van der Waals surface area contributed by atoms with Crippen LogP contribution in [-0.4, -0.2) is 31.1 Å². The van der Waals surface area contributed by atoms with Crippen LogP contribution >= 0.6 is 11.8 Å². The summed E-state index contributed by atoms with van der Waals surface area (Å²) in [6.45, 7) is 5.76. The highest BCUT2D eigenvalue weighted by molar-refractivity contribution is 7.99. The van der Waals surface area contributed by atoms with Crippen LogP contribution in [0.4, 0.5) is 0 Å². The highest BCUT2D eigenvalue weighted by Crippen LogP contribution is 2.25. The van der Waals surface area contributed by atoms with E-state index in [1.165, 1.54) is 11.8 Å². The van der Waals surface area contributed by atoms with Crippen LogP contribution in [0.5, 0.6) is 0 Å². The van der Waals surface area contributed by atoms with E-state index in [4.69, 9.17) is 0 Å². The number of nitrogens with zero attached hydrogens (tertiary/aromatic N) is 4. The fraction of sp³-hybridized carbons (Fsp3) is 0.385. The van der Waals surface area contributed by atoms with Crippen molar-refractivity contribution in [3.63, 3.8) is 0 Å². The van der Waals surface area contributed by atoms with E-state index in [0.717, 1.165) is 17.9 Å². The summed E-state index contributed by atoms with van der Waals surface area (Å²) < 4.78 is 1.72. The molecule has 98 valence electrons. The Labute approximate surface area is 115 Å². The predicted octanol–water partition coefficient (Wildman–Crippen LogP) is 2.17. The number of thioether (sulfide) groups is 1. The van der Waals surface area contributed by atoms with Crippen molar-refractivity contribution in [3.8, 4) is 0 Å². The Bertz CT molecular complexity index is 664. The molecule has 2 aromatic rings. The molecule has 2 aromatic heterocycles. The fourth-order valence-corrected chi connectivity index (χ4v) is 2.87. The van der Waals surface area contributed by atoms with Crippen molar-refractivity contribution >= 4 is 23.3 Å². The number of Topliss-reactive ketones (excluding diaryl/α,β-unsaturated/α-hetero) is 1. The van der Waals surface area contributed by atoms with E-state index in [1.807, 2.05) is 6.08 Å². The number of hydrogen-bond acceptors (Lipinski definition) is 5. The molecule has 0 spiro atoms. The molecule has 5 nitrogen and oxygen atoms in total. The lowest BCUT2D eigenvalue weighted by Crippen LogP contribution is -2.21. The predicted molar refractivity (Wildman–Crippen MR) is 73.5 cm³/mol. The second kappa shape index (κ2) is 4.77. The topological polar surface area (TPSA) is 60.1 Å². The van der Waals surface area contributed by atoms with Crippen molar-refractivity contribution in [1.82, 2.24) is 19.6 Å². The number of carbonyl (C=O) groups excluding carboxylic acids is 1. The molecule has 0 bridgehead atoms. The number of rotatable bonds is 3. The van der Waals surface area contributed by atoms with Gasteiger partial charge in [-0.3, -0.25) is 4.79 Å². The van der Waals surface area contributed by atoms with E-state index in [9.17, 15) is 4.79 Å². The molecule has 0 aromatic carbocycles. The number of aromatic nitrogens is 4.